The van der Waals surface area contributed by atoms with Gasteiger partial charge in [-0.3, -0.25) is 9.59 Å². The van der Waals surface area contributed by atoms with Gasteiger partial charge in [0.1, 0.15) is 0 Å². The van der Waals surface area contributed by atoms with Crippen LogP contribution in [0.3, 0.4) is 0 Å². The molecule has 7 heteroatoms. The molecule has 24 heavy (non-hydrogen) atoms. The molecule has 2 aromatic rings. The molecule has 1 fully saturated rings. The average molecular weight is 346 g/mol. The summed E-state index contributed by atoms with van der Waals surface area (Å²) >= 11 is 6.05. The standard InChI is InChI=1S/C17H16ClN3O3/c1-24-15-7-5-12(10-19-15)20-17(23)13-6-4-11(18)9-14(13)21-8-2-3-16(21)22/h4-7,9-10H,2-3,8H2,1H3,(H,20,23). The van der Waals surface area contributed by atoms with Gasteiger partial charge in [-0.05, 0) is 30.7 Å². The monoisotopic (exact) mass is 345 g/mol. The van der Waals surface area contributed by atoms with Crippen molar-refractivity contribution in [2.75, 3.05) is 23.9 Å². The highest BCUT2D eigenvalue weighted by Gasteiger charge is 2.26. The zero-order valence-corrected chi connectivity index (χ0v) is 13.8. The number of nitrogens with zero attached hydrogens (tertiary/aromatic N) is 2. The van der Waals surface area contributed by atoms with E-state index in [0.717, 1.165) is 6.42 Å². The second-order valence-electron chi connectivity index (χ2n) is 5.35. The highest BCUT2D eigenvalue weighted by molar-refractivity contribution is 6.31. The van der Waals surface area contributed by atoms with Crippen LogP contribution in [-0.2, 0) is 4.79 Å². The van der Waals surface area contributed by atoms with Gasteiger partial charge in [0.05, 0.1) is 30.2 Å². The maximum Gasteiger partial charge on any atom is 0.257 e. The summed E-state index contributed by atoms with van der Waals surface area (Å²) in [5.41, 5.74) is 1.46. The van der Waals surface area contributed by atoms with E-state index < -0.39 is 0 Å². The molecule has 0 unspecified atom stereocenters. The largest absolute Gasteiger partial charge is 0.481 e. The molecule has 2 amide bonds. The summed E-state index contributed by atoms with van der Waals surface area (Å²) in [6, 6.07) is 8.25. The Morgan fingerprint density at radius 3 is 2.79 bits per heavy atom. The third-order valence-corrected chi connectivity index (χ3v) is 4.01. The first-order valence-electron chi connectivity index (χ1n) is 7.50. The Balaban J connectivity index is 1.87. The summed E-state index contributed by atoms with van der Waals surface area (Å²) in [6.07, 6.45) is 2.76. The lowest BCUT2D eigenvalue weighted by Crippen LogP contribution is -2.27. The van der Waals surface area contributed by atoms with Gasteiger partial charge in [0.15, 0.2) is 0 Å². The maximum atomic E-state index is 12.6. The molecule has 1 aliphatic heterocycles. The summed E-state index contributed by atoms with van der Waals surface area (Å²) in [7, 11) is 1.52. The summed E-state index contributed by atoms with van der Waals surface area (Å²) in [5, 5.41) is 3.25. The third-order valence-electron chi connectivity index (χ3n) is 3.77. The predicted octanol–water partition coefficient (Wildman–Crippen LogP) is 3.12. The fourth-order valence-corrected chi connectivity index (χ4v) is 2.76. The minimum Gasteiger partial charge on any atom is -0.481 e. The van der Waals surface area contributed by atoms with Gasteiger partial charge in [-0.25, -0.2) is 4.98 Å². The Kier molecular flexibility index (Phi) is 4.66. The van der Waals surface area contributed by atoms with Crippen LogP contribution >= 0.6 is 11.6 Å². The van der Waals surface area contributed by atoms with Crippen molar-refractivity contribution in [2.45, 2.75) is 12.8 Å². The summed E-state index contributed by atoms with van der Waals surface area (Å²) in [6.45, 7) is 0.587. The van der Waals surface area contributed by atoms with E-state index in [1.807, 2.05) is 0 Å². The molecule has 0 radical (unpaired) electrons. The molecular weight excluding hydrogens is 330 g/mol. The molecule has 0 spiro atoms. The smallest absolute Gasteiger partial charge is 0.257 e. The van der Waals surface area contributed by atoms with Gasteiger partial charge in [-0.1, -0.05) is 11.6 Å². The van der Waals surface area contributed by atoms with Crippen molar-refractivity contribution < 1.29 is 14.3 Å². The molecule has 0 bridgehead atoms. The summed E-state index contributed by atoms with van der Waals surface area (Å²) in [4.78, 5) is 30.3. The number of rotatable bonds is 4. The molecule has 2 heterocycles. The lowest BCUT2D eigenvalue weighted by atomic mass is 10.1. The molecular formula is C17H16ClN3O3. The van der Waals surface area contributed by atoms with Crippen molar-refractivity contribution in [3.8, 4) is 5.88 Å². The van der Waals surface area contributed by atoms with Gasteiger partial charge in [-0.15, -0.1) is 0 Å². The number of carbonyl (C=O) groups excluding carboxylic acids is 2. The van der Waals surface area contributed by atoms with Gasteiger partial charge in [0, 0.05) is 24.1 Å². The van der Waals surface area contributed by atoms with E-state index >= 15 is 0 Å². The zero-order chi connectivity index (χ0) is 17.1. The van der Waals surface area contributed by atoms with E-state index in [4.69, 9.17) is 16.3 Å². The number of pyridine rings is 1. The van der Waals surface area contributed by atoms with Crippen molar-refractivity contribution in [3.05, 3.63) is 47.1 Å². The van der Waals surface area contributed by atoms with Crippen molar-refractivity contribution in [1.29, 1.82) is 0 Å². The van der Waals surface area contributed by atoms with Crippen LogP contribution in [0.5, 0.6) is 5.88 Å². The van der Waals surface area contributed by atoms with Gasteiger partial charge in [0.2, 0.25) is 11.8 Å². The van der Waals surface area contributed by atoms with Crippen molar-refractivity contribution in [1.82, 2.24) is 4.98 Å². The number of nitrogens with one attached hydrogen (secondary N) is 1. The first-order chi connectivity index (χ1) is 11.6. The van der Waals surface area contributed by atoms with Crippen LogP contribution in [0.15, 0.2) is 36.5 Å². The van der Waals surface area contributed by atoms with Gasteiger partial charge in [-0.2, -0.15) is 0 Å². The number of anilines is 2. The predicted molar refractivity (Wildman–Crippen MR) is 91.8 cm³/mol. The molecule has 1 saturated heterocycles. The van der Waals surface area contributed by atoms with Crippen molar-refractivity contribution in [2.24, 2.45) is 0 Å². The minimum atomic E-state index is -0.326. The number of halogens is 1. The lowest BCUT2D eigenvalue weighted by Gasteiger charge is -2.19. The van der Waals surface area contributed by atoms with Crippen LogP contribution in [-0.4, -0.2) is 30.5 Å². The van der Waals surface area contributed by atoms with E-state index in [2.05, 4.69) is 10.3 Å². The van der Waals surface area contributed by atoms with Crippen LogP contribution in [0.2, 0.25) is 5.02 Å². The van der Waals surface area contributed by atoms with Gasteiger partial charge >= 0.3 is 0 Å². The molecule has 1 N–H and O–H groups in total. The number of amides is 2. The molecule has 1 aliphatic rings. The van der Waals surface area contributed by atoms with E-state index in [-0.39, 0.29) is 11.8 Å². The van der Waals surface area contributed by atoms with Crippen LogP contribution in [0.1, 0.15) is 23.2 Å². The average Bonchev–Trinajstić information content (AvgIpc) is 3.01. The number of hydrogen-bond acceptors (Lipinski definition) is 4. The fraction of sp³-hybridized carbons (Fsp3) is 0.235. The second kappa shape index (κ2) is 6.88. The zero-order valence-electron chi connectivity index (χ0n) is 13.1. The summed E-state index contributed by atoms with van der Waals surface area (Å²) < 4.78 is 4.99. The number of aromatic nitrogens is 1. The maximum absolute atomic E-state index is 12.6. The molecule has 0 atom stereocenters. The number of methoxy groups -OCH3 is 1. The fourth-order valence-electron chi connectivity index (χ4n) is 2.60. The Morgan fingerprint density at radius 2 is 2.17 bits per heavy atom. The minimum absolute atomic E-state index is 0.00238. The van der Waals surface area contributed by atoms with Crippen LogP contribution in [0.4, 0.5) is 11.4 Å². The Bertz CT molecular complexity index is 777. The highest BCUT2D eigenvalue weighted by atomic mass is 35.5. The van der Waals surface area contributed by atoms with Gasteiger partial charge in [0.25, 0.3) is 5.91 Å². The van der Waals surface area contributed by atoms with Crippen LogP contribution in [0, 0.1) is 0 Å². The first kappa shape index (κ1) is 16.3. The van der Waals surface area contributed by atoms with Crippen molar-refractivity contribution >= 4 is 34.8 Å². The van der Waals surface area contributed by atoms with Gasteiger partial charge < -0.3 is 15.0 Å². The SMILES string of the molecule is COc1ccc(NC(=O)c2ccc(Cl)cc2N2CCCC2=O)cn1. The molecule has 3 rings (SSSR count). The van der Waals surface area contributed by atoms with E-state index in [1.54, 1.807) is 35.2 Å². The molecule has 0 saturated carbocycles. The Hall–Kier alpha value is -2.60. The number of carbonyl (C=O) groups is 2. The molecule has 1 aromatic carbocycles. The second-order valence-corrected chi connectivity index (χ2v) is 5.79. The van der Waals surface area contributed by atoms with Crippen LogP contribution in [0.25, 0.3) is 0 Å². The number of hydrogen-bond donors (Lipinski definition) is 1. The summed E-state index contributed by atoms with van der Waals surface area (Å²) in [5.74, 6) is 0.133. The van der Waals surface area contributed by atoms with E-state index in [0.29, 0.717) is 40.8 Å². The third kappa shape index (κ3) is 3.33. The Morgan fingerprint density at radius 1 is 1.33 bits per heavy atom. The highest BCUT2D eigenvalue weighted by Crippen LogP contribution is 2.29. The van der Waals surface area contributed by atoms with Crippen LogP contribution < -0.4 is 15.0 Å². The topological polar surface area (TPSA) is 71.5 Å². The van der Waals surface area contributed by atoms with E-state index in [1.165, 1.54) is 13.3 Å². The molecule has 0 aliphatic carbocycles. The normalized spacial score (nSPS) is 13.9. The molecule has 1 aromatic heterocycles. The lowest BCUT2D eigenvalue weighted by molar-refractivity contribution is -0.117. The molecule has 124 valence electrons. The first-order valence-corrected chi connectivity index (χ1v) is 7.87. The Labute approximate surface area is 144 Å². The number of ether oxygens (including phenoxy) is 1. The van der Waals surface area contributed by atoms with E-state index in [9.17, 15) is 9.59 Å². The quantitative estimate of drug-likeness (QED) is 0.924. The number of benzene rings is 1. The van der Waals surface area contributed by atoms with Crippen molar-refractivity contribution in [3.63, 3.8) is 0 Å². The molecule has 6 nitrogen and oxygen atoms in total.